The van der Waals surface area contributed by atoms with E-state index in [1.54, 1.807) is 11.9 Å². The molecule has 5 nitrogen and oxygen atoms in total. The van der Waals surface area contributed by atoms with Crippen LogP contribution in [0.5, 0.6) is 5.75 Å². The fourth-order valence-corrected chi connectivity index (χ4v) is 2.28. The van der Waals surface area contributed by atoms with Gasteiger partial charge in [0.05, 0.1) is 12.1 Å². The summed E-state index contributed by atoms with van der Waals surface area (Å²) in [5.74, 6) is 0.789. The predicted octanol–water partition coefficient (Wildman–Crippen LogP) is 2.58. The van der Waals surface area contributed by atoms with E-state index in [9.17, 15) is 4.79 Å². The predicted molar refractivity (Wildman–Crippen MR) is 81.6 cm³/mol. The van der Waals surface area contributed by atoms with E-state index in [4.69, 9.17) is 17.0 Å². The standard InChI is InChI=1S/C14H19N3O2S/c1-4-16(3)12(18)9-17-10-7-6-8-11(19-5-2)13(10)15-14(17)20/h6-8H,4-5,9H2,1-3H3,(H,15,20). The maximum Gasteiger partial charge on any atom is 0.242 e. The van der Waals surface area contributed by atoms with Crippen LogP contribution < -0.4 is 4.74 Å². The van der Waals surface area contributed by atoms with Crippen LogP contribution in [0.15, 0.2) is 18.2 Å². The van der Waals surface area contributed by atoms with Gasteiger partial charge in [-0.1, -0.05) is 6.07 Å². The molecule has 0 fully saturated rings. The number of amides is 1. The van der Waals surface area contributed by atoms with Crippen molar-refractivity contribution in [3.8, 4) is 5.75 Å². The zero-order valence-electron chi connectivity index (χ0n) is 12.0. The number of carbonyl (C=O) groups excluding carboxylic acids is 1. The lowest BCUT2D eigenvalue weighted by Gasteiger charge is -2.15. The number of H-pyrrole nitrogens is 1. The van der Waals surface area contributed by atoms with Crippen LogP contribution in [0.1, 0.15) is 13.8 Å². The Labute approximate surface area is 123 Å². The average Bonchev–Trinajstić information content (AvgIpc) is 2.76. The molecule has 0 aliphatic rings. The summed E-state index contributed by atoms with van der Waals surface area (Å²) >= 11 is 5.32. The van der Waals surface area contributed by atoms with Crippen molar-refractivity contribution in [2.45, 2.75) is 20.4 Å². The van der Waals surface area contributed by atoms with Crippen molar-refractivity contribution in [3.63, 3.8) is 0 Å². The van der Waals surface area contributed by atoms with Crippen LogP contribution in [0, 0.1) is 4.77 Å². The first-order valence-corrected chi connectivity index (χ1v) is 7.07. The molecule has 6 heteroatoms. The van der Waals surface area contributed by atoms with E-state index in [0.29, 0.717) is 17.9 Å². The summed E-state index contributed by atoms with van der Waals surface area (Å²) in [5, 5.41) is 0. The Kier molecular flexibility index (Phi) is 4.44. The number of hydrogen-bond donors (Lipinski definition) is 1. The van der Waals surface area contributed by atoms with Crippen LogP contribution in [0.4, 0.5) is 0 Å². The van der Waals surface area contributed by atoms with Crippen molar-refractivity contribution in [3.05, 3.63) is 23.0 Å². The Hall–Kier alpha value is -1.82. The molecule has 0 bridgehead atoms. The summed E-state index contributed by atoms with van der Waals surface area (Å²) in [6.07, 6.45) is 0. The van der Waals surface area contributed by atoms with E-state index in [2.05, 4.69) is 4.98 Å². The van der Waals surface area contributed by atoms with E-state index >= 15 is 0 Å². The number of nitrogens with zero attached hydrogens (tertiary/aromatic N) is 2. The minimum atomic E-state index is 0.0336. The number of aromatic amines is 1. The van der Waals surface area contributed by atoms with Gasteiger partial charge in [0, 0.05) is 13.6 Å². The maximum absolute atomic E-state index is 12.1. The number of ether oxygens (including phenoxy) is 1. The molecule has 0 aliphatic carbocycles. The fourth-order valence-electron chi connectivity index (χ4n) is 2.02. The monoisotopic (exact) mass is 293 g/mol. The lowest BCUT2D eigenvalue weighted by Crippen LogP contribution is -2.29. The molecule has 0 unspecified atom stereocenters. The van der Waals surface area contributed by atoms with Gasteiger partial charge in [0.2, 0.25) is 5.91 Å². The van der Waals surface area contributed by atoms with Crippen molar-refractivity contribution >= 4 is 29.2 Å². The van der Waals surface area contributed by atoms with E-state index in [1.807, 2.05) is 36.6 Å². The number of rotatable bonds is 5. The van der Waals surface area contributed by atoms with Crippen molar-refractivity contribution in [1.29, 1.82) is 0 Å². The van der Waals surface area contributed by atoms with Gasteiger partial charge < -0.3 is 19.2 Å². The van der Waals surface area contributed by atoms with Crippen molar-refractivity contribution < 1.29 is 9.53 Å². The minimum Gasteiger partial charge on any atom is -0.492 e. The van der Waals surface area contributed by atoms with Crippen LogP contribution in [0.25, 0.3) is 11.0 Å². The fraction of sp³-hybridized carbons (Fsp3) is 0.429. The van der Waals surface area contributed by atoms with Gasteiger partial charge in [-0.15, -0.1) is 0 Å². The number of hydrogen-bond acceptors (Lipinski definition) is 3. The number of benzene rings is 1. The summed E-state index contributed by atoms with van der Waals surface area (Å²) in [7, 11) is 1.78. The second-order valence-corrected chi connectivity index (χ2v) is 4.89. The Morgan fingerprint density at radius 2 is 2.20 bits per heavy atom. The second-order valence-electron chi connectivity index (χ2n) is 4.51. The van der Waals surface area contributed by atoms with Crippen molar-refractivity contribution in [2.24, 2.45) is 0 Å². The quantitative estimate of drug-likeness (QED) is 0.862. The zero-order chi connectivity index (χ0) is 14.7. The molecule has 0 aliphatic heterocycles. The van der Waals surface area contributed by atoms with Crippen LogP contribution in [-0.2, 0) is 11.3 Å². The lowest BCUT2D eigenvalue weighted by atomic mass is 10.3. The second kappa shape index (κ2) is 6.09. The first kappa shape index (κ1) is 14.6. The third kappa shape index (κ3) is 2.70. The van der Waals surface area contributed by atoms with E-state index in [1.165, 1.54) is 0 Å². The molecule has 0 saturated carbocycles. The van der Waals surface area contributed by atoms with Gasteiger partial charge in [0.15, 0.2) is 4.77 Å². The molecule has 1 aromatic carbocycles. The van der Waals surface area contributed by atoms with Gasteiger partial charge in [-0.2, -0.15) is 0 Å². The van der Waals surface area contributed by atoms with Gasteiger partial charge in [-0.25, -0.2) is 0 Å². The molecular weight excluding hydrogens is 274 g/mol. The molecular formula is C14H19N3O2S. The molecule has 20 heavy (non-hydrogen) atoms. The third-order valence-electron chi connectivity index (χ3n) is 3.27. The normalized spacial score (nSPS) is 10.8. The Bertz CT molecular complexity index is 675. The largest absolute Gasteiger partial charge is 0.492 e. The number of fused-ring (bicyclic) bond motifs is 1. The van der Waals surface area contributed by atoms with E-state index in [-0.39, 0.29) is 12.5 Å². The summed E-state index contributed by atoms with van der Waals surface area (Å²) in [4.78, 5) is 16.9. The Morgan fingerprint density at radius 3 is 2.85 bits per heavy atom. The summed E-state index contributed by atoms with van der Waals surface area (Å²) in [5.41, 5.74) is 1.73. The molecule has 2 rings (SSSR count). The molecule has 108 valence electrons. The highest BCUT2D eigenvalue weighted by molar-refractivity contribution is 7.71. The summed E-state index contributed by atoms with van der Waals surface area (Å²) in [6, 6.07) is 5.73. The average molecular weight is 293 g/mol. The molecule has 1 aromatic heterocycles. The first-order valence-electron chi connectivity index (χ1n) is 6.66. The summed E-state index contributed by atoms with van der Waals surface area (Å²) in [6.45, 7) is 5.38. The third-order valence-corrected chi connectivity index (χ3v) is 3.59. The lowest BCUT2D eigenvalue weighted by molar-refractivity contribution is -0.130. The van der Waals surface area contributed by atoms with Crippen LogP contribution in [0.3, 0.4) is 0 Å². The number of likely N-dealkylation sites (N-methyl/N-ethyl adjacent to an activating group) is 1. The number of para-hydroxylation sites is 1. The van der Waals surface area contributed by atoms with Crippen LogP contribution in [-0.4, -0.2) is 40.6 Å². The van der Waals surface area contributed by atoms with E-state index < -0.39 is 0 Å². The zero-order valence-corrected chi connectivity index (χ0v) is 12.8. The number of imidazole rings is 1. The SMILES string of the molecule is CCOc1cccc2c1[nH]c(=S)n2CC(=O)N(C)CC. The van der Waals surface area contributed by atoms with Crippen molar-refractivity contribution in [2.75, 3.05) is 20.2 Å². The first-order chi connectivity index (χ1) is 9.58. The molecule has 1 N–H and O–H groups in total. The Balaban J connectivity index is 2.44. The van der Waals surface area contributed by atoms with E-state index in [0.717, 1.165) is 16.8 Å². The summed E-state index contributed by atoms with van der Waals surface area (Å²) < 4.78 is 7.91. The van der Waals surface area contributed by atoms with Gasteiger partial charge in [-0.3, -0.25) is 4.79 Å². The molecule has 0 saturated heterocycles. The number of aromatic nitrogens is 2. The maximum atomic E-state index is 12.1. The molecule has 0 atom stereocenters. The minimum absolute atomic E-state index is 0.0336. The number of carbonyl (C=O) groups is 1. The topological polar surface area (TPSA) is 50.3 Å². The highest BCUT2D eigenvalue weighted by atomic mass is 32.1. The van der Waals surface area contributed by atoms with Gasteiger partial charge in [0.1, 0.15) is 17.8 Å². The highest BCUT2D eigenvalue weighted by Crippen LogP contribution is 2.25. The molecule has 0 radical (unpaired) electrons. The van der Waals surface area contributed by atoms with Gasteiger partial charge in [-0.05, 0) is 38.2 Å². The van der Waals surface area contributed by atoms with Crippen LogP contribution in [0.2, 0.25) is 0 Å². The molecule has 2 aromatic rings. The van der Waals surface area contributed by atoms with Crippen molar-refractivity contribution in [1.82, 2.24) is 14.5 Å². The van der Waals surface area contributed by atoms with Crippen LogP contribution >= 0.6 is 12.2 Å². The highest BCUT2D eigenvalue weighted by Gasteiger charge is 2.13. The smallest absolute Gasteiger partial charge is 0.242 e. The van der Waals surface area contributed by atoms with Gasteiger partial charge in [0.25, 0.3) is 0 Å². The number of nitrogens with one attached hydrogen (secondary N) is 1. The Morgan fingerprint density at radius 1 is 1.45 bits per heavy atom. The van der Waals surface area contributed by atoms with Gasteiger partial charge >= 0.3 is 0 Å². The molecule has 0 spiro atoms. The molecule has 1 heterocycles. The molecule has 1 amide bonds.